The van der Waals surface area contributed by atoms with Gasteiger partial charge in [0.2, 0.25) is 0 Å². The fourth-order valence-electron chi connectivity index (χ4n) is 1.70. The topological polar surface area (TPSA) is 37.8 Å². The molecule has 0 aliphatic carbocycles. The van der Waals surface area contributed by atoms with Crippen LogP contribution in [0.15, 0.2) is 30.5 Å². The summed E-state index contributed by atoms with van der Waals surface area (Å²) < 4.78 is 0. The monoisotopic (exact) mass is 227 g/mol. The Labute approximate surface area is 102 Å². The maximum Gasteiger partial charge on any atom is 0.142 e. The summed E-state index contributed by atoms with van der Waals surface area (Å²) in [6.45, 7) is 4.93. The van der Waals surface area contributed by atoms with Gasteiger partial charge >= 0.3 is 0 Å². The van der Waals surface area contributed by atoms with E-state index in [1.165, 1.54) is 11.1 Å². The van der Waals surface area contributed by atoms with E-state index < -0.39 is 0 Å². The molecule has 0 saturated carbocycles. The lowest BCUT2D eigenvalue weighted by Gasteiger charge is -2.06. The van der Waals surface area contributed by atoms with Crippen LogP contribution >= 0.6 is 0 Å². The van der Waals surface area contributed by atoms with Crippen LogP contribution in [0, 0.1) is 13.8 Å². The van der Waals surface area contributed by atoms with Crippen LogP contribution in [0.5, 0.6) is 0 Å². The highest BCUT2D eigenvalue weighted by Gasteiger charge is 2.03. The number of rotatable bonds is 3. The molecule has 0 bridgehead atoms. The average molecular weight is 227 g/mol. The summed E-state index contributed by atoms with van der Waals surface area (Å²) in [7, 11) is 1.89. The first kappa shape index (κ1) is 11.7. The molecule has 3 nitrogen and oxygen atoms in total. The Hall–Kier alpha value is -1.74. The zero-order valence-corrected chi connectivity index (χ0v) is 10.5. The number of aryl methyl sites for hydroxylation is 2. The quantitative estimate of drug-likeness (QED) is 0.875. The molecule has 1 aromatic carbocycles. The minimum Gasteiger partial charge on any atom is -0.313 e. The van der Waals surface area contributed by atoms with E-state index >= 15 is 0 Å². The van der Waals surface area contributed by atoms with E-state index in [4.69, 9.17) is 0 Å². The van der Waals surface area contributed by atoms with Crippen LogP contribution in [-0.2, 0) is 6.54 Å². The Bertz CT molecular complexity index is 521. The largest absolute Gasteiger partial charge is 0.313 e. The van der Waals surface area contributed by atoms with Crippen LogP contribution in [0.2, 0.25) is 0 Å². The van der Waals surface area contributed by atoms with Gasteiger partial charge in [0, 0.05) is 11.8 Å². The average Bonchev–Trinajstić information content (AvgIpc) is 2.33. The van der Waals surface area contributed by atoms with Crippen LogP contribution in [0.1, 0.15) is 17.0 Å². The van der Waals surface area contributed by atoms with E-state index in [0.29, 0.717) is 6.54 Å². The van der Waals surface area contributed by atoms with Gasteiger partial charge in [0.1, 0.15) is 5.82 Å². The third kappa shape index (κ3) is 2.68. The molecule has 0 radical (unpaired) electrons. The summed E-state index contributed by atoms with van der Waals surface area (Å²) in [5.74, 6) is 0.822. The van der Waals surface area contributed by atoms with Crippen molar-refractivity contribution in [1.29, 1.82) is 0 Å². The molecule has 3 heteroatoms. The van der Waals surface area contributed by atoms with E-state index in [0.717, 1.165) is 17.1 Å². The molecule has 0 unspecified atom stereocenters. The predicted octanol–water partition coefficient (Wildman–Crippen LogP) is 2.48. The van der Waals surface area contributed by atoms with Gasteiger partial charge in [-0.25, -0.2) is 9.97 Å². The first-order valence-electron chi connectivity index (χ1n) is 5.75. The Morgan fingerprint density at radius 2 is 1.94 bits per heavy atom. The Balaban J connectivity index is 2.38. The van der Waals surface area contributed by atoms with Gasteiger partial charge in [-0.15, -0.1) is 0 Å². The molecule has 0 atom stereocenters. The number of benzene rings is 1. The summed E-state index contributed by atoms with van der Waals surface area (Å²) >= 11 is 0. The number of nitrogens with one attached hydrogen (secondary N) is 1. The molecular formula is C14H17N3. The summed E-state index contributed by atoms with van der Waals surface area (Å²) in [6, 6.07) is 8.35. The van der Waals surface area contributed by atoms with E-state index in [2.05, 4.69) is 47.3 Å². The first-order chi connectivity index (χ1) is 8.20. The lowest BCUT2D eigenvalue weighted by Crippen LogP contribution is -2.09. The van der Waals surface area contributed by atoms with Crippen molar-refractivity contribution in [1.82, 2.24) is 15.3 Å². The maximum absolute atomic E-state index is 4.53. The highest BCUT2D eigenvalue weighted by Crippen LogP contribution is 2.19. The Kier molecular flexibility index (Phi) is 3.49. The molecule has 17 heavy (non-hydrogen) atoms. The number of aromatic nitrogens is 2. The lowest BCUT2D eigenvalue weighted by molar-refractivity contribution is 0.759. The Morgan fingerprint density at radius 3 is 2.65 bits per heavy atom. The predicted molar refractivity (Wildman–Crippen MR) is 69.7 cm³/mol. The minimum atomic E-state index is 0.693. The summed E-state index contributed by atoms with van der Waals surface area (Å²) in [4.78, 5) is 8.75. The summed E-state index contributed by atoms with van der Waals surface area (Å²) in [5.41, 5.74) is 4.72. The summed E-state index contributed by atoms with van der Waals surface area (Å²) in [5, 5.41) is 3.06. The minimum absolute atomic E-state index is 0.693. The molecule has 0 aliphatic rings. The third-order valence-corrected chi connectivity index (χ3v) is 2.84. The van der Waals surface area contributed by atoms with Gasteiger partial charge in [0.15, 0.2) is 0 Å². The van der Waals surface area contributed by atoms with Gasteiger partial charge in [-0.3, -0.25) is 0 Å². The van der Waals surface area contributed by atoms with E-state index in [1.807, 2.05) is 19.3 Å². The second-order valence-electron chi connectivity index (χ2n) is 4.19. The zero-order valence-electron chi connectivity index (χ0n) is 10.5. The van der Waals surface area contributed by atoms with Crippen molar-refractivity contribution in [2.75, 3.05) is 7.05 Å². The normalized spacial score (nSPS) is 10.5. The summed E-state index contributed by atoms with van der Waals surface area (Å²) in [6.07, 6.45) is 1.81. The number of hydrogen-bond acceptors (Lipinski definition) is 3. The van der Waals surface area contributed by atoms with Crippen LogP contribution in [0.3, 0.4) is 0 Å². The lowest BCUT2D eigenvalue weighted by atomic mass is 10.0. The van der Waals surface area contributed by atoms with Crippen molar-refractivity contribution in [3.05, 3.63) is 47.4 Å². The van der Waals surface area contributed by atoms with E-state index in [9.17, 15) is 0 Å². The Morgan fingerprint density at radius 1 is 1.12 bits per heavy atom. The first-order valence-corrected chi connectivity index (χ1v) is 5.75. The molecule has 0 aliphatic heterocycles. The van der Waals surface area contributed by atoms with Crippen LogP contribution in [0.4, 0.5) is 0 Å². The van der Waals surface area contributed by atoms with Crippen molar-refractivity contribution in [3.8, 4) is 11.3 Å². The maximum atomic E-state index is 4.53. The number of nitrogens with zero attached hydrogens (tertiary/aromatic N) is 2. The van der Waals surface area contributed by atoms with Gasteiger partial charge < -0.3 is 5.32 Å². The molecule has 88 valence electrons. The van der Waals surface area contributed by atoms with Crippen molar-refractivity contribution >= 4 is 0 Å². The SMILES string of the molecule is CNCc1nccc(-c2ccc(C)c(C)c2)n1. The molecular weight excluding hydrogens is 210 g/mol. The van der Waals surface area contributed by atoms with Crippen molar-refractivity contribution in [2.24, 2.45) is 0 Å². The smallest absolute Gasteiger partial charge is 0.142 e. The number of hydrogen-bond donors (Lipinski definition) is 1. The van der Waals surface area contributed by atoms with Gasteiger partial charge in [-0.05, 0) is 44.2 Å². The fraction of sp³-hybridized carbons (Fsp3) is 0.286. The molecule has 1 heterocycles. The van der Waals surface area contributed by atoms with Crippen molar-refractivity contribution < 1.29 is 0 Å². The molecule has 0 saturated heterocycles. The van der Waals surface area contributed by atoms with Crippen LogP contribution in [0.25, 0.3) is 11.3 Å². The second kappa shape index (κ2) is 5.06. The molecule has 2 rings (SSSR count). The highest BCUT2D eigenvalue weighted by atomic mass is 14.9. The van der Waals surface area contributed by atoms with Crippen molar-refractivity contribution in [2.45, 2.75) is 20.4 Å². The van der Waals surface area contributed by atoms with Crippen molar-refractivity contribution in [3.63, 3.8) is 0 Å². The van der Waals surface area contributed by atoms with E-state index in [-0.39, 0.29) is 0 Å². The van der Waals surface area contributed by atoms with Gasteiger partial charge in [0.05, 0.1) is 12.2 Å². The second-order valence-corrected chi connectivity index (χ2v) is 4.19. The van der Waals surface area contributed by atoms with Crippen LogP contribution < -0.4 is 5.32 Å². The van der Waals surface area contributed by atoms with E-state index in [1.54, 1.807) is 0 Å². The molecule has 2 aromatic rings. The molecule has 1 N–H and O–H groups in total. The van der Waals surface area contributed by atoms with Crippen LogP contribution in [-0.4, -0.2) is 17.0 Å². The molecule has 0 spiro atoms. The standard InChI is InChI=1S/C14H17N3/c1-10-4-5-12(8-11(10)2)13-6-7-16-14(17-13)9-15-3/h4-8,15H,9H2,1-3H3. The molecule has 0 amide bonds. The third-order valence-electron chi connectivity index (χ3n) is 2.84. The zero-order chi connectivity index (χ0) is 12.3. The van der Waals surface area contributed by atoms with Gasteiger partial charge in [-0.2, -0.15) is 0 Å². The van der Waals surface area contributed by atoms with Gasteiger partial charge in [-0.1, -0.05) is 12.1 Å². The molecule has 0 fully saturated rings. The molecule has 1 aromatic heterocycles. The fourth-order valence-corrected chi connectivity index (χ4v) is 1.70. The highest BCUT2D eigenvalue weighted by molar-refractivity contribution is 5.60. The van der Waals surface area contributed by atoms with Gasteiger partial charge in [0.25, 0.3) is 0 Å².